The van der Waals surface area contributed by atoms with E-state index in [0.717, 1.165) is 0 Å². The van der Waals surface area contributed by atoms with Crippen LogP contribution in [0.3, 0.4) is 0 Å². The topological polar surface area (TPSA) is 131 Å². The maximum Gasteiger partial charge on any atom is 0.342 e. The minimum atomic E-state index is -1.25. The minimum Gasteiger partial charge on any atom is -0.351 e. The van der Waals surface area contributed by atoms with E-state index in [9.17, 15) is 19.2 Å². The van der Waals surface area contributed by atoms with Gasteiger partial charge in [-0.15, -0.1) is 0 Å². The Balaban J connectivity index is 3.73. The predicted molar refractivity (Wildman–Crippen MR) is 36.9 cm³/mol. The standard InChI is InChI=1S/C4H4N4O4/c5-1(9)8-3(11)6-2(10)7-4(8)12/h(H2,5,9)(H2,6,7,10,11,12). The highest BCUT2D eigenvalue weighted by molar-refractivity contribution is 5.73. The third-order valence-corrected chi connectivity index (χ3v) is 1.07. The van der Waals surface area contributed by atoms with Crippen molar-refractivity contribution in [2.24, 2.45) is 5.73 Å². The first kappa shape index (κ1) is 7.98. The van der Waals surface area contributed by atoms with Gasteiger partial charge >= 0.3 is 23.1 Å². The van der Waals surface area contributed by atoms with Gasteiger partial charge in [0.2, 0.25) is 0 Å². The molecule has 64 valence electrons. The Bertz CT molecular complexity index is 443. The molecule has 1 aromatic rings. The molecule has 0 saturated carbocycles. The van der Waals surface area contributed by atoms with Gasteiger partial charge in [-0.1, -0.05) is 0 Å². The van der Waals surface area contributed by atoms with Crippen LogP contribution in [0.4, 0.5) is 4.79 Å². The fraction of sp³-hybridized carbons (Fsp3) is 0. The van der Waals surface area contributed by atoms with Crippen molar-refractivity contribution in [2.75, 3.05) is 0 Å². The molecule has 0 atom stereocenters. The van der Waals surface area contributed by atoms with Crippen LogP contribution in [0.15, 0.2) is 14.4 Å². The summed E-state index contributed by atoms with van der Waals surface area (Å²) in [5, 5.41) is 0. The van der Waals surface area contributed by atoms with E-state index in [1.165, 1.54) is 0 Å². The average molecular weight is 172 g/mol. The lowest BCUT2D eigenvalue weighted by Crippen LogP contribution is -2.48. The van der Waals surface area contributed by atoms with E-state index in [2.05, 4.69) is 5.73 Å². The van der Waals surface area contributed by atoms with Gasteiger partial charge in [0.1, 0.15) is 0 Å². The SMILES string of the molecule is NC(=O)n1c(=O)[nH]c(=O)[nH]c1=O. The van der Waals surface area contributed by atoms with E-state index in [-0.39, 0.29) is 4.57 Å². The second-order valence-electron chi connectivity index (χ2n) is 1.86. The van der Waals surface area contributed by atoms with Crippen LogP contribution in [-0.2, 0) is 0 Å². The van der Waals surface area contributed by atoms with Crippen molar-refractivity contribution in [1.29, 1.82) is 0 Å². The summed E-state index contributed by atoms with van der Waals surface area (Å²) >= 11 is 0. The summed E-state index contributed by atoms with van der Waals surface area (Å²) in [6, 6.07) is -1.25. The Morgan fingerprint density at radius 1 is 1.17 bits per heavy atom. The van der Waals surface area contributed by atoms with Crippen molar-refractivity contribution in [3.63, 3.8) is 0 Å². The fourth-order valence-corrected chi connectivity index (χ4v) is 0.630. The van der Waals surface area contributed by atoms with E-state index in [1.54, 1.807) is 9.97 Å². The number of primary amides is 1. The zero-order chi connectivity index (χ0) is 9.30. The maximum absolute atomic E-state index is 10.7. The monoisotopic (exact) mass is 172 g/mol. The molecule has 4 N–H and O–H groups in total. The van der Waals surface area contributed by atoms with Gasteiger partial charge in [-0.05, 0) is 0 Å². The van der Waals surface area contributed by atoms with Gasteiger partial charge in [-0.25, -0.2) is 19.2 Å². The van der Waals surface area contributed by atoms with Crippen molar-refractivity contribution in [3.8, 4) is 0 Å². The van der Waals surface area contributed by atoms with Gasteiger partial charge in [0.15, 0.2) is 0 Å². The number of carbonyl (C=O) groups excluding carboxylic acids is 1. The molecule has 0 bridgehead atoms. The lowest BCUT2D eigenvalue weighted by atomic mass is 10.8. The van der Waals surface area contributed by atoms with Crippen LogP contribution < -0.4 is 22.8 Å². The van der Waals surface area contributed by atoms with Crippen LogP contribution in [0, 0.1) is 0 Å². The lowest BCUT2D eigenvalue weighted by Gasteiger charge is -1.93. The molecule has 0 aliphatic rings. The second-order valence-corrected chi connectivity index (χ2v) is 1.86. The summed E-state index contributed by atoms with van der Waals surface area (Å²) < 4.78 is 0.0708. The molecule has 1 amide bonds. The molecule has 0 fully saturated rings. The number of nitrogens with zero attached hydrogens (tertiary/aromatic N) is 1. The van der Waals surface area contributed by atoms with E-state index in [4.69, 9.17) is 0 Å². The Labute approximate surface area is 63.7 Å². The van der Waals surface area contributed by atoms with Crippen molar-refractivity contribution < 1.29 is 4.79 Å². The summed E-state index contributed by atoms with van der Waals surface area (Å²) in [6.07, 6.45) is 0. The summed E-state index contributed by atoms with van der Waals surface area (Å²) in [5.41, 5.74) is 1.35. The van der Waals surface area contributed by atoms with Gasteiger partial charge in [0, 0.05) is 0 Å². The number of rotatable bonds is 0. The molecule has 8 heteroatoms. The first-order valence-corrected chi connectivity index (χ1v) is 2.78. The van der Waals surface area contributed by atoms with Crippen LogP contribution in [0.2, 0.25) is 0 Å². The Morgan fingerprint density at radius 2 is 1.58 bits per heavy atom. The van der Waals surface area contributed by atoms with Gasteiger partial charge in [-0.3, -0.25) is 9.97 Å². The largest absolute Gasteiger partial charge is 0.351 e. The first-order chi connectivity index (χ1) is 5.52. The molecular weight excluding hydrogens is 168 g/mol. The number of aromatic amines is 2. The van der Waals surface area contributed by atoms with E-state index < -0.39 is 23.1 Å². The summed E-state index contributed by atoms with van der Waals surface area (Å²) in [4.78, 5) is 45.5. The zero-order valence-electron chi connectivity index (χ0n) is 5.66. The zero-order valence-corrected chi connectivity index (χ0v) is 5.66. The molecule has 0 spiro atoms. The predicted octanol–water partition coefficient (Wildman–Crippen LogP) is -2.85. The van der Waals surface area contributed by atoms with Crippen molar-refractivity contribution in [1.82, 2.24) is 14.5 Å². The van der Waals surface area contributed by atoms with Gasteiger partial charge in [0.05, 0.1) is 0 Å². The molecule has 0 saturated heterocycles. The van der Waals surface area contributed by atoms with Crippen LogP contribution in [0.1, 0.15) is 0 Å². The summed E-state index contributed by atoms with van der Waals surface area (Å²) in [7, 11) is 0. The van der Waals surface area contributed by atoms with Gasteiger partial charge in [0.25, 0.3) is 0 Å². The molecule has 1 heterocycles. The van der Waals surface area contributed by atoms with Crippen LogP contribution in [0.5, 0.6) is 0 Å². The molecule has 1 rings (SSSR count). The van der Waals surface area contributed by atoms with Gasteiger partial charge < -0.3 is 5.73 Å². The number of nitrogens with two attached hydrogens (primary N) is 1. The number of carbonyl (C=O) groups is 1. The highest BCUT2D eigenvalue weighted by atomic mass is 16.2. The molecule has 1 aromatic heterocycles. The van der Waals surface area contributed by atoms with E-state index in [0.29, 0.717) is 0 Å². The number of nitrogens with one attached hydrogen (secondary N) is 2. The van der Waals surface area contributed by atoms with Crippen LogP contribution in [-0.4, -0.2) is 20.6 Å². The van der Waals surface area contributed by atoms with Gasteiger partial charge in [-0.2, -0.15) is 4.57 Å². The first-order valence-electron chi connectivity index (χ1n) is 2.78. The van der Waals surface area contributed by atoms with Crippen LogP contribution in [0.25, 0.3) is 0 Å². The molecule has 8 nitrogen and oxygen atoms in total. The Morgan fingerprint density at radius 3 is 1.92 bits per heavy atom. The van der Waals surface area contributed by atoms with Crippen LogP contribution >= 0.6 is 0 Å². The van der Waals surface area contributed by atoms with E-state index in [1.807, 2.05) is 0 Å². The fourth-order valence-electron chi connectivity index (χ4n) is 0.630. The molecule has 0 aliphatic carbocycles. The minimum absolute atomic E-state index is 0.0708. The van der Waals surface area contributed by atoms with Crippen molar-refractivity contribution in [3.05, 3.63) is 31.5 Å². The number of aromatic nitrogens is 3. The molecular formula is C4H4N4O4. The number of hydrogen-bond acceptors (Lipinski definition) is 4. The maximum atomic E-state index is 10.7. The Hall–Kier alpha value is -2.12. The quantitative estimate of drug-likeness (QED) is 0.388. The molecule has 12 heavy (non-hydrogen) atoms. The molecule has 0 aliphatic heterocycles. The average Bonchev–Trinajstić information content (AvgIpc) is 1.82. The highest BCUT2D eigenvalue weighted by Gasteiger charge is 2.06. The number of H-pyrrole nitrogens is 2. The van der Waals surface area contributed by atoms with Crippen molar-refractivity contribution in [2.45, 2.75) is 0 Å². The molecule has 0 radical (unpaired) electrons. The normalized spacial score (nSPS) is 9.67. The third-order valence-electron chi connectivity index (χ3n) is 1.07. The molecule has 0 aromatic carbocycles. The smallest absolute Gasteiger partial charge is 0.342 e. The van der Waals surface area contributed by atoms with Crippen molar-refractivity contribution >= 4 is 6.03 Å². The van der Waals surface area contributed by atoms with E-state index >= 15 is 0 Å². The molecule has 0 unspecified atom stereocenters. The number of amides is 1. The highest BCUT2D eigenvalue weighted by Crippen LogP contribution is 1.58. The summed E-state index contributed by atoms with van der Waals surface area (Å²) in [6.45, 7) is 0. The second kappa shape index (κ2) is 2.49. The summed E-state index contributed by atoms with van der Waals surface area (Å²) in [5.74, 6) is 0. The third kappa shape index (κ3) is 1.17. The Kier molecular flexibility index (Phi) is 1.66. The number of hydrogen-bond donors (Lipinski definition) is 3. The lowest BCUT2D eigenvalue weighted by molar-refractivity contribution is 0.248.